The van der Waals surface area contributed by atoms with Crippen molar-refractivity contribution >= 4 is 0 Å². The van der Waals surface area contributed by atoms with E-state index in [9.17, 15) is 0 Å². The number of allylic oxidation sites excluding steroid dienone is 6. The summed E-state index contributed by atoms with van der Waals surface area (Å²) in [5.41, 5.74) is 2.95. The molecule has 0 fully saturated rings. The molecule has 0 N–H and O–H groups in total. The van der Waals surface area contributed by atoms with Crippen LogP contribution in [0.4, 0.5) is 0 Å². The smallest absolute Gasteiger partial charge is 0.0283 e. The zero-order valence-electron chi connectivity index (χ0n) is 6.72. The van der Waals surface area contributed by atoms with Crippen molar-refractivity contribution in [3.63, 3.8) is 0 Å². The number of hydrogen-bond acceptors (Lipinski definition) is 0. The SMILES string of the molecule is C/C1=C/C=C/C=C(/C)CC1. The van der Waals surface area contributed by atoms with E-state index in [1.165, 1.54) is 24.0 Å². The van der Waals surface area contributed by atoms with Crippen molar-refractivity contribution in [1.82, 2.24) is 0 Å². The highest BCUT2D eigenvalue weighted by atomic mass is 14.0. The summed E-state index contributed by atoms with van der Waals surface area (Å²) in [4.78, 5) is 0. The van der Waals surface area contributed by atoms with E-state index in [0.29, 0.717) is 0 Å². The fourth-order valence-electron chi connectivity index (χ4n) is 1.00. The minimum Gasteiger partial charge on any atom is -0.0730 e. The first-order chi connectivity index (χ1) is 4.79. The van der Waals surface area contributed by atoms with E-state index in [1.54, 1.807) is 0 Å². The van der Waals surface area contributed by atoms with Gasteiger partial charge in [-0.15, -0.1) is 0 Å². The maximum atomic E-state index is 2.18. The van der Waals surface area contributed by atoms with E-state index >= 15 is 0 Å². The third kappa shape index (κ3) is 2.22. The van der Waals surface area contributed by atoms with E-state index in [-0.39, 0.29) is 0 Å². The molecular formula is C10H14. The van der Waals surface area contributed by atoms with Gasteiger partial charge in [0.15, 0.2) is 0 Å². The lowest BCUT2D eigenvalue weighted by Gasteiger charge is -2.02. The Morgan fingerprint density at radius 1 is 0.900 bits per heavy atom. The molecule has 0 amide bonds. The van der Waals surface area contributed by atoms with E-state index in [2.05, 4.69) is 38.2 Å². The lowest BCUT2D eigenvalue weighted by Crippen LogP contribution is -1.82. The van der Waals surface area contributed by atoms with Crippen molar-refractivity contribution in [2.45, 2.75) is 26.7 Å². The molecule has 0 spiro atoms. The molecule has 10 heavy (non-hydrogen) atoms. The van der Waals surface area contributed by atoms with Gasteiger partial charge in [0.05, 0.1) is 0 Å². The first kappa shape index (κ1) is 7.33. The average molecular weight is 134 g/mol. The molecule has 0 aromatic carbocycles. The van der Waals surface area contributed by atoms with Crippen LogP contribution in [-0.2, 0) is 0 Å². The first-order valence-corrected chi connectivity index (χ1v) is 3.78. The summed E-state index contributed by atoms with van der Waals surface area (Å²) < 4.78 is 0. The van der Waals surface area contributed by atoms with Crippen molar-refractivity contribution in [3.05, 3.63) is 35.5 Å². The molecule has 0 saturated heterocycles. The first-order valence-electron chi connectivity index (χ1n) is 3.78. The van der Waals surface area contributed by atoms with Crippen molar-refractivity contribution in [1.29, 1.82) is 0 Å². The van der Waals surface area contributed by atoms with E-state index in [0.717, 1.165) is 0 Å². The van der Waals surface area contributed by atoms with Crippen LogP contribution in [0.1, 0.15) is 26.7 Å². The van der Waals surface area contributed by atoms with Crippen molar-refractivity contribution in [2.24, 2.45) is 0 Å². The lowest BCUT2D eigenvalue weighted by molar-refractivity contribution is 0.922. The van der Waals surface area contributed by atoms with Crippen LogP contribution in [0.5, 0.6) is 0 Å². The van der Waals surface area contributed by atoms with Gasteiger partial charge in [-0.2, -0.15) is 0 Å². The van der Waals surface area contributed by atoms with Gasteiger partial charge in [-0.1, -0.05) is 35.5 Å². The highest BCUT2D eigenvalue weighted by molar-refractivity contribution is 5.21. The summed E-state index contributed by atoms with van der Waals surface area (Å²) in [5, 5.41) is 0. The summed E-state index contributed by atoms with van der Waals surface area (Å²) in [6, 6.07) is 0. The molecule has 0 aromatic rings. The highest BCUT2D eigenvalue weighted by Crippen LogP contribution is 2.12. The lowest BCUT2D eigenvalue weighted by atomic mass is 10.0. The molecule has 0 radical (unpaired) electrons. The Morgan fingerprint density at radius 2 is 1.30 bits per heavy atom. The molecule has 0 aliphatic heterocycles. The Hall–Kier alpha value is -0.780. The zero-order valence-corrected chi connectivity index (χ0v) is 6.72. The van der Waals surface area contributed by atoms with Gasteiger partial charge in [0.25, 0.3) is 0 Å². The normalized spacial score (nSPS) is 32.6. The van der Waals surface area contributed by atoms with E-state index < -0.39 is 0 Å². The largest absolute Gasteiger partial charge is 0.0730 e. The van der Waals surface area contributed by atoms with Crippen molar-refractivity contribution in [2.75, 3.05) is 0 Å². The third-order valence-corrected chi connectivity index (χ3v) is 1.79. The predicted molar refractivity (Wildman–Crippen MR) is 45.9 cm³/mol. The second-order valence-corrected chi connectivity index (χ2v) is 2.91. The molecule has 1 rings (SSSR count). The molecular weight excluding hydrogens is 120 g/mol. The van der Waals surface area contributed by atoms with Gasteiger partial charge in [0.2, 0.25) is 0 Å². The van der Waals surface area contributed by atoms with Gasteiger partial charge in [-0.25, -0.2) is 0 Å². The number of rotatable bonds is 0. The quantitative estimate of drug-likeness (QED) is 0.477. The van der Waals surface area contributed by atoms with Crippen LogP contribution in [0.2, 0.25) is 0 Å². The van der Waals surface area contributed by atoms with Crippen LogP contribution >= 0.6 is 0 Å². The van der Waals surface area contributed by atoms with Crippen LogP contribution in [0.25, 0.3) is 0 Å². The van der Waals surface area contributed by atoms with E-state index in [1.807, 2.05) is 0 Å². The Bertz CT molecular complexity index is 170. The monoisotopic (exact) mass is 134 g/mol. The molecule has 54 valence electrons. The maximum Gasteiger partial charge on any atom is -0.0283 e. The predicted octanol–water partition coefficient (Wildman–Crippen LogP) is 3.23. The molecule has 1 aliphatic carbocycles. The summed E-state index contributed by atoms with van der Waals surface area (Å²) in [7, 11) is 0. The van der Waals surface area contributed by atoms with E-state index in [4.69, 9.17) is 0 Å². The molecule has 0 bridgehead atoms. The standard InChI is InChI=1S/C10H14/c1-9-5-3-4-6-10(2)8-7-9/h3-6H,7-8H2,1-2H3/b4-3+,9-5-,10-6-. The van der Waals surface area contributed by atoms with Crippen LogP contribution in [0.15, 0.2) is 35.5 Å². The van der Waals surface area contributed by atoms with Gasteiger partial charge >= 0.3 is 0 Å². The summed E-state index contributed by atoms with van der Waals surface area (Å²) in [5.74, 6) is 0. The Labute approximate surface area is 62.9 Å². The molecule has 0 unspecified atom stereocenters. The minimum absolute atomic E-state index is 1.21. The molecule has 1 aliphatic rings. The maximum absolute atomic E-state index is 2.18. The van der Waals surface area contributed by atoms with Gasteiger partial charge in [0, 0.05) is 0 Å². The second kappa shape index (κ2) is 3.40. The fourth-order valence-corrected chi connectivity index (χ4v) is 1.00. The average Bonchev–Trinajstić information content (AvgIpc) is 1.90. The Balaban J connectivity index is 2.69. The highest BCUT2D eigenvalue weighted by Gasteiger charge is 1.92. The molecule has 0 atom stereocenters. The summed E-state index contributed by atoms with van der Waals surface area (Å²) >= 11 is 0. The molecule has 0 nitrogen and oxygen atoms in total. The van der Waals surface area contributed by atoms with Crippen LogP contribution in [0, 0.1) is 0 Å². The van der Waals surface area contributed by atoms with Crippen molar-refractivity contribution < 1.29 is 0 Å². The molecule has 0 saturated carbocycles. The second-order valence-electron chi connectivity index (χ2n) is 2.91. The van der Waals surface area contributed by atoms with Crippen LogP contribution in [0.3, 0.4) is 0 Å². The Kier molecular flexibility index (Phi) is 2.49. The summed E-state index contributed by atoms with van der Waals surface area (Å²) in [6.07, 6.45) is 11.0. The zero-order chi connectivity index (χ0) is 7.40. The summed E-state index contributed by atoms with van der Waals surface area (Å²) in [6.45, 7) is 4.37. The topological polar surface area (TPSA) is 0 Å². The van der Waals surface area contributed by atoms with Gasteiger partial charge in [0.1, 0.15) is 0 Å². The fraction of sp³-hybridized carbons (Fsp3) is 0.400. The van der Waals surface area contributed by atoms with Gasteiger partial charge in [-0.05, 0) is 26.7 Å². The van der Waals surface area contributed by atoms with Crippen molar-refractivity contribution in [3.8, 4) is 0 Å². The molecule has 0 aromatic heterocycles. The minimum atomic E-state index is 1.21. The molecule has 0 heterocycles. The van der Waals surface area contributed by atoms with Gasteiger partial charge < -0.3 is 0 Å². The van der Waals surface area contributed by atoms with Crippen LogP contribution in [-0.4, -0.2) is 0 Å². The Morgan fingerprint density at radius 3 is 1.70 bits per heavy atom. The number of hydrogen-bond donors (Lipinski definition) is 0. The molecule has 0 heteroatoms. The third-order valence-electron chi connectivity index (χ3n) is 1.79. The van der Waals surface area contributed by atoms with Crippen LogP contribution < -0.4 is 0 Å². The van der Waals surface area contributed by atoms with Gasteiger partial charge in [-0.3, -0.25) is 0 Å².